The summed E-state index contributed by atoms with van der Waals surface area (Å²) >= 11 is 0. The second-order valence-corrected chi connectivity index (χ2v) is 6.36. The first-order valence-electron chi connectivity index (χ1n) is 9.69. The maximum Gasteiger partial charge on any atom is 0.242 e. The van der Waals surface area contributed by atoms with Crippen LogP contribution in [0.3, 0.4) is 0 Å². The molecule has 0 aromatic rings. The number of carbonyl (C=O) groups excluding carboxylic acids is 1. The molecule has 0 unspecified atom stereocenters. The average molecular weight is 379 g/mol. The molecule has 7 nitrogen and oxygen atoms in total. The molecule has 0 amide bonds. The van der Waals surface area contributed by atoms with E-state index in [0.717, 1.165) is 19.3 Å². The number of allylic oxidation sites excluding steroid dienone is 6. The SMILES string of the molecule is CCCCCCCC/C(=C\C/C=C\C/C=C(\CCC[C]=O)[N+](=O)[O-])[N+](=O)[O-]. The zero-order valence-electron chi connectivity index (χ0n) is 16.2. The van der Waals surface area contributed by atoms with Crippen molar-refractivity contribution in [1.82, 2.24) is 0 Å². The van der Waals surface area contributed by atoms with Crippen LogP contribution in [0.25, 0.3) is 0 Å². The summed E-state index contributed by atoms with van der Waals surface area (Å²) in [6, 6.07) is 0. The summed E-state index contributed by atoms with van der Waals surface area (Å²) in [6.45, 7) is 2.15. The highest BCUT2D eigenvalue weighted by Crippen LogP contribution is 2.13. The molecular formula is C20H31N2O5. The first-order chi connectivity index (χ1) is 13.0. The van der Waals surface area contributed by atoms with Crippen LogP contribution in [0.1, 0.15) is 84.0 Å². The highest BCUT2D eigenvalue weighted by molar-refractivity contribution is 5.50. The topological polar surface area (TPSA) is 103 Å². The zero-order chi connectivity index (χ0) is 20.3. The fourth-order valence-corrected chi connectivity index (χ4v) is 2.56. The van der Waals surface area contributed by atoms with Crippen LogP contribution in [0.2, 0.25) is 0 Å². The number of hydrogen-bond acceptors (Lipinski definition) is 5. The Balaban J connectivity index is 4.29. The fourth-order valence-electron chi connectivity index (χ4n) is 2.56. The Morgan fingerprint density at radius 3 is 1.78 bits per heavy atom. The standard InChI is InChI=1S/C20H31N2O5/c1-2-3-4-5-6-9-14-19(21(24)25)15-10-7-8-11-16-20(22(26)27)17-12-13-18-23/h7-8,15-16H,2-6,9-14,17H2,1H3/b8-7-,19-15+,20-16+. The van der Waals surface area contributed by atoms with Gasteiger partial charge in [0.15, 0.2) is 6.29 Å². The molecule has 0 saturated heterocycles. The Labute approximate surface area is 161 Å². The molecule has 0 aliphatic heterocycles. The Morgan fingerprint density at radius 1 is 0.815 bits per heavy atom. The van der Waals surface area contributed by atoms with Crippen molar-refractivity contribution in [2.45, 2.75) is 84.0 Å². The quantitative estimate of drug-likeness (QED) is 0.140. The monoisotopic (exact) mass is 379 g/mol. The molecule has 0 rings (SSSR count). The largest absolute Gasteiger partial charge is 0.291 e. The molecule has 0 aromatic carbocycles. The van der Waals surface area contributed by atoms with Gasteiger partial charge in [0, 0.05) is 19.3 Å². The molecule has 0 aromatic heterocycles. The van der Waals surface area contributed by atoms with Crippen molar-refractivity contribution in [3.63, 3.8) is 0 Å². The van der Waals surface area contributed by atoms with E-state index in [-0.39, 0.29) is 29.2 Å². The van der Waals surface area contributed by atoms with Crippen LogP contribution in [-0.4, -0.2) is 16.1 Å². The van der Waals surface area contributed by atoms with E-state index in [1.165, 1.54) is 25.3 Å². The molecule has 0 aliphatic rings. The van der Waals surface area contributed by atoms with Crippen LogP contribution < -0.4 is 0 Å². The van der Waals surface area contributed by atoms with Crippen LogP contribution in [0, 0.1) is 20.2 Å². The second-order valence-electron chi connectivity index (χ2n) is 6.36. The smallest absolute Gasteiger partial charge is 0.242 e. The lowest BCUT2D eigenvalue weighted by atomic mass is 10.1. The van der Waals surface area contributed by atoms with Gasteiger partial charge in [-0.05, 0) is 37.8 Å². The maximum absolute atomic E-state index is 11.1. The molecule has 27 heavy (non-hydrogen) atoms. The third-order valence-corrected chi connectivity index (χ3v) is 4.11. The van der Waals surface area contributed by atoms with Crippen molar-refractivity contribution in [3.05, 3.63) is 55.9 Å². The first kappa shape index (κ1) is 24.7. The van der Waals surface area contributed by atoms with Gasteiger partial charge >= 0.3 is 0 Å². The van der Waals surface area contributed by atoms with Crippen LogP contribution in [0.5, 0.6) is 0 Å². The summed E-state index contributed by atoms with van der Waals surface area (Å²) in [4.78, 5) is 31.3. The van der Waals surface area contributed by atoms with E-state index in [0.29, 0.717) is 25.7 Å². The molecule has 0 N–H and O–H groups in total. The van der Waals surface area contributed by atoms with E-state index < -0.39 is 4.92 Å². The van der Waals surface area contributed by atoms with Crippen LogP contribution in [-0.2, 0) is 4.79 Å². The van der Waals surface area contributed by atoms with Crippen molar-refractivity contribution >= 4 is 6.29 Å². The lowest BCUT2D eigenvalue weighted by molar-refractivity contribution is -0.428. The highest BCUT2D eigenvalue weighted by atomic mass is 16.6. The van der Waals surface area contributed by atoms with Gasteiger partial charge in [-0.25, -0.2) is 0 Å². The average Bonchev–Trinajstić information content (AvgIpc) is 2.63. The number of rotatable bonds is 17. The number of nitrogens with zero attached hydrogens (tertiary/aromatic N) is 2. The Kier molecular flexibility index (Phi) is 15.7. The highest BCUT2D eigenvalue weighted by Gasteiger charge is 2.09. The van der Waals surface area contributed by atoms with E-state index in [4.69, 9.17) is 0 Å². The lowest BCUT2D eigenvalue weighted by Crippen LogP contribution is -1.99. The Bertz CT molecular complexity index is 538. The van der Waals surface area contributed by atoms with Gasteiger partial charge in [-0.3, -0.25) is 25.0 Å². The normalized spacial score (nSPS) is 12.5. The van der Waals surface area contributed by atoms with Crippen molar-refractivity contribution in [3.8, 4) is 0 Å². The molecule has 0 saturated carbocycles. The minimum absolute atomic E-state index is 0.0829. The zero-order valence-corrected chi connectivity index (χ0v) is 16.2. The van der Waals surface area contributed by atoms with E-state index in [9.17, 15) is 25.0 Å². The molecule has 0 heterocycles. The molecule has 0 spiro atoms. The van der Waals surface area contributed by atoms with E-state index in [1.54, 1.807) is 24.5 Å². The summed E-state index contributed by atoms with van der Waals surface area (Å²) in [6.07, 6.45) is 17.1. The van der Waals surface area contributed by atoms with Crippen LogP contribution in [0.15, 0.2) is 35.7 Å². The molecule has 151 valence electrons. The summed E-state index contributed by atoms with van der Waals surface area (Å²) in [5.41, 5.74) is 0.321. The van der Waals surface area contributed by atoms with Crippen molar-refractivity contribution < 1.29 is 14.6 Å². The predicted octanol–water partition coefficient (Wildman–Crippen LogP) is 5.67. The first-order valence-corrected chi connectivity index (χ1v) is 9.69. The van der Waals surface area contributed by atoms with Gasteiger partial charge in [0.05, 0.1) is 9.85 Å². The lowest BCUT2D eigenvalue weighted by Gasteiger charge is -2.00. The fraction of sp³-hybridized carbons (Fsp3) is 0.650. The Hall–Kier alpha value is -2.31. The molecule has 0 bridgehead atoms. The van der Waals surface area contributed by atoms with Gasteiger partial charge in [-0.1, -0.05) is 51.2 Å². The van der Waals surface area contributed by atoms with Gasteiger partial charge < -0.3 is 0 Å². The molecule has 0 aliphatic carbocycles. The Morgan fingerprint density at radius 2 is 1.30 bits per heavy atom. The van der Waals surface area contributed by atoms with Crippen LogP contribution in [0.4, 0.5) is 0 Å². The maximum atomic E-state index is 11.1. The predicted molar refractivity (Wildman–Crippen MR) is 106 cm³/mol. The summed E-state index contributed by atoms with van der Waals surface area (Å²) in [5.74, 6) is 0. The van der Waals surface area contributed by atoms with E-state index >= 15 is 0 Å². The number of nitro groups is 2. The number of unbranched alkanes of at least 4 members (excludes halogenated alkanes) is 6. The third-order valence-electron chi connectivity index (χ3n) is 4.11. The van der Waals surface area contributed by atoms with Crippen molar-refractivity contribution in [2.24, 2.45) is 0 Å². The molecule has 0 atom stereocenters. The van der Waals surface area contributed by atoms with Crippen molar-refractivity contribution in [1.29, 1.82) is 0 Å². The summed E-state index contributed by atoms with van der Waals surface area (Å²) in [7, 11) is 0. The second kappa shape index (κ2) is 17.1. The van der Waals surface area contributed by atoms with E-state index in [1.807, 2.05) is 0 Å². The van der Waals surface area contributed by atoms with Gasteiger partial charge in [-0.2, -0.15) is 0 Å². The number of hydrogen-bond donors (Lipinski definition) is 0. The minimum atomic E-state index is -0.441. The molecular weight excluding hydrogens is 348 g/mol. The van der Waals surface area contributed by atoms with Gasteiger partial charge in [0.2, 0.25) is 11.4 Å². The van der Waals surface area contributed by atoms with E-state index in [2.05, 4.69) is 6.92 Å². The summed E-state index contributed by atoms with van der Waals surface area (Å²) < 4.78 is 0. The molecule has 0 fully saturated rings. The van der Waals surface area contributed by atoms with Crippen molar-refractivity contribution in [2.75, 3.05) is 0 Å². The van der Waals surface area contributed by atoms with Gasteiger partial charge in [0.1, 0.15) is 0 Å². The molecule has 1 radical (unpaired) electrons. The van der Waals surface area contributed by atoms with Crippen LogP contribution >= 0.6 is 0 Å². The van der Waals surface area contributed by atoms with Gasteiger partial charge in [0.25, 0.3) is 0 Å². The summed E-state index contributed by atoms with van der Waals surface area (Å²) in [5, 5.41) is 22.0. The van der Waals surface area contributed by atoms with Gasteiger partial charge in [-0.15, -0.1) is 0 Å². The minimum Gasteiger partial charge on any atom is -0.291 e. The third kappa shape index (κ3) is 14.5. The molecule has 7 heteroatoms.